The van der Waals surface area contributed by atoms with Gasteiger partial charge < -0.3 is 4.42 Å². The highest BCUT2D eigenvalue weighted by Crippen LogP contribution is 2.33. The third kappa shape index (κ3) is 4.97. The summed E-state index contributed by atoms with van der Waals surface area (Å²) >= 11 is 3.57. The minimum atomic E-state index is 0.600. The van der Waals surface area contributed by atoms with Crippen LogP contribution in [0.3, 0.4) is 0 Å². The minimum absolute atomic E-state index is 0.600. The minimum Gasteiger partial charge on any atom is -0.456 e. The van der Waals surface area contributed by atoms with Crippen molar-refractivity contribution in [1.82, 2.24) is 15.0 Å². The molecule has 0 aliphatic carbocycles. The molecular weight excluding hydrogens is 606 g/mol. The van der Waals surface area contributed by atoms with Crippen molar-refractivity contribution in [3.8, 4) is 56.4 Å². The van der Waals surface area contributed by atoms with E-state index in [1.165, 1.54) is 11.1 Å². The third-order valence-corrected chi connectivity index (χ3v) is 8.32. The molecular formula is C39H24BrN3O. The van der Waals surface area contributed by atoms with E-state index >= 15 is 0 Å². The molecule has 0 aliphatic heterocycles. The zero-order valence-corrected chi connectivity index (χ0v) is 25.1. The van der Waals surface area contributed by atoms with Crippen LogP contribution >= 0.6 is 15.9 Å². The van der Waals surface area contributed by atoms with E-state index in [2.05, 4.69) is 101 Å². The van der Waals surface area contributed by atoms with Gasteiger partial charge in [-0.25, -0.2) is 15.0 Å². The Kier molecular flexibility index (Phi) is 6.58. The van der Waals surface area contributed by atoms with Crippen molar-refractivity contribution in [1.29, 1.82) is 0 Å². The topological polar surface area (TPSA) is 51.8 Å². The van der Waals surface area contributed by atoms with Gasteiger partial charge in [0.1, 0.15) is 11.2 Å². The maximum Gasteiger partial charge on any atom is 0.164 e. The van der Waals surface area contributed by atoms with E-state index in [1.54, 1.807) is 0 Å². The molecule has 0 atom stereocenters. The lowest BCUT2D eigenvalue weighted by atomic mass is 9.99. The first-order valence-electron chi connectivity index (χ1n) is 14.4. The number of furan rings is 1. The quantitative estimate of drug-likeness (QED) is 0.190. The summed E-state index contributed by atoms with van der Waals surface area (Å²) in [5.74, 6) is 1.85. The van der Waals surface area contributed by atoms with Crippen LogP contribution in [-0.2, 0) is 0 Å². The highest BCUT2D eigenvalue weighted by atomic mass is 79.9. The van der Waals surface area contributed by atoms with Gasteiger partial charge in [0.15, 0.2) is 17.5 Å². The number of hydrogen-bond acceptors (Lipinski definition) is 4. The lowest BCUT2D eigenvalue weighted by molar-refractivity contribution is 0.669. The van der Waals surface area contributed by atoms with Crippen LogP contribution in [0, 0.1) is 0 Å². The molecule has 0 amide bonds. The van der Waals surface area contributed by atoms with Gasteiger partial charge in [-0.1, -0.05) is 131 Å². The van der Waals surface area contributed by atoms with Gasteiger partial charge in [0.05, 0.1) is 0 Å². The van der Waals surface area contributed by atoms with Gasteiger partial charge in [-0.3, -0.25) is 0 Å². The Hall–Kier alpha value is -5.39. The number of halogens is 1. The van der Waals surface area contributed by atoms with Crippen molar-refractivity contribution >= 4 is 37.9 Å². The number of benzene rings is 6. The van der Waals surface area contributed by atoms with Gasteiger partial charge in [-0.2, -0.15) is 0 Å². The van der Waals surface area contributed by atoms with Crippen molar-refractivity contribution in [3.05, 3.63) is 150 Å². The summed E-state index contributed by atoms with van der Waals surface area (Å²) in [6.07, 6.45) is 0. The van der Waals surface area contributed by atoms with Gasteiger partial charge in [0.2, 0.25) is 0 Å². The van der Waals surface area contributed by atoms with Crippen molar-refractivity contribution < 1.29 is 4.42 Å². The fraction of sp³-hybridized carbons (Fsp3) is 0. The standard InChI is InChI=1S/C39H24BrN3O/c40-32-10-6-9-30(23-32)27-15-13-25(14-16-27)26-17-19-29(20-18-26)38-41-37(28-7-2-1-3-8-28)42-39(43-38)31-21-22-34-33-11-4-5-12-35(33)44-36(34)24-31/h1-24H. The molecule has 208 valence electrons. The van der Waals surface area contributed by atoms with Gasteiger partial charge in [-0.05, 0) is 52.6 Å². The molecule has 0 aliphatic rings. The molecule has 0 unspecified atom stereocenters. The molecule has 0 spiro atoms. The average molecular weight is 631 g/mol. The van der Waals surface area contributed by atoms with Crippen LogP contribution < -0.4 is 0 Å². The van der Waals surface area contributed by atoms with E-state index in [1.807, 2.05) is 60.7 Å². The second-order valence-electron chi connectivity index (χ2n) is 10.6. The Morgan fingerprint density at radius 1 is 0.364 bits per heavy atom. The maximum atomic E-state index is 6.16. The fourth-order valence-corrected chi connectivity index (χ4v) is 5.95. The Bertz CT molecular complexity index is 2280. The highest BCUT2D eigenvalue weighted by Gasteiger charge is 2.15. The fourth-order valence-electron chi connectivity index (χ4n) is 5.55. The van der Waals surface area contributed by atoms with E-state index in [4.69, 9.17) is 19.4 Å². The largest absolute Gasteiger partial charge is 0.456 e. The Balaban J connectivity index is 1.17. The molecule has 2 heterocycles. The summed E-state index contributed by atoms with van der Waals surface area (Å²) in [7, 11) is 0. The monoisotopic (exact) mass is 629 g/mol. The number of rotatable bonds is 5. The van der Waals surface area contributed by atoms with Crippen LogP contribution in [0.25, 0.3) is 78.4 Å². The van der Waals surface area contributed by atoms with Crippen molar-refractivity contribution in [2.45, 2.75) is 0 Å². The van der Waals surface area contributed by atoms with Gasteiger partial charge in [-0.15, -0.1) is 0 Å². The lowest BCUT2D eigenvalue weighted by Gasteiger charge is -2.09. The molecule has 0 radical (unpaired) electrons. The average Bonchev–Trinajstić information content (AvgIpc) is 3.47. The molecule has 44 heavy (non-hydrogen) atoms. The van der Waals surface area contributed by atoms with E-state index in [-0.39, 0.29) is 0 Å². The van der Waals surface area contributed by atoms with Crippen LogP contribution in [0.4, 0.5) is 0 Å². The van der Waals surface area contributed by atoms with E-state index < -0.39 is 0 Å². The van der Waals surface area contributed by atoms with Crippen molar-refractivity contribution in [2.75, 3.05) is 0 Å². The Morgan fingerprint density at radius 2 is 0.864 bits per heavy atom. The number of aromatic nitrogens is 3. The Labute approximate surface area is 262 Å². The summed E-state index contributed by atoms with van der Waals surface area (Å²) in [4.78, 5) is 14.7. The first-order valence-corrected chi connectivity index (χ1v) is 15.2. The highest BCUT2D eigenvalue weighted by molar-refractivity contribution is 9.10. The molecule has 0 N–H and O–H groups in total. The maximum absolute atomic E-state index is 6.16. The van der Waals surface area contributed by atoms with E-state index in [0.29, 0.717) is 17.5 Å². The van der Waals surface area contributed by atoms with Crippen LogP contribution in [0.15, 0.2) is 154 Å². The van der Waals surface area contributed by atoms with Gasteiger partial charge >= 0.3 is 0 Å². The Morgan fingerprint density at radius 3 is 1.55 bits per heavy atom. The second-order valence-corrected chi connectivity index (χ2v) is 11.6. The normalized spacial score (nSPS) is 11.3. The summed E-state index contributed by atoms with van der Waals surface area (Å²) in [6, 6.07) is 49.6. The van der Waals surface area contributed by atoms with Crippen molar-refractivity contribution in [2.24, 2.45) is 0 Å². The molecule has 8 rings (SSSR count). The van der Waals surface area contributed by atoms with E-state index in [9.17, 15) is 0 Å². The SMILES string of the molecule is Brc1cccc(-c2ccc(-c3ccc(-c4nc(-c5ccccc5)nc(-c5ccc6c(c5)oc5ccccc56)n4)cc3)cc2)c1. The predicted molar refractivity (Wildman–Crippen MR) is 182 cm³/mol. The molecule has 0 fully saturated rings. The summed E-state index contributed by atoms with van der Waals surface area (Å²) in [5, 5.41) is 2.17. The molecule has 8 aromatic rings. The number of para-hydroxylation sites is 1. The molecule has 6 aromatic carbocycles. The molecule has 0 saturated heterocycles. The molecule has 0 saturated carbocycles. The molecule has 0 bridgehead atoms. The molecule has 2 aromatic heterocycles. The third-order valence-electron chi connectivity index (χ3n) is 7.82. The van der Waals surface area contributed by atoms with Crippen LogP contribution in [-0.4, -0.2) is 15.0 Å². The van der Waals surface area contributed by atoms with Crippen LogP contribution in [0.5, 0.6) is 0 Å². The number of nitrogens with zero attached hydrogens (tertiary/aromatic N) is 3. The lowest BCUT2D eigenvalue weighted by Crippen LogP contribution is -2.00. The summed E-state index contributed by atoms with van der Waals surface area (Å²) in [5.41, 5.74) is 9.04. The van der Waals surface area contributed by atoms with Crippen molar-refractivity contribution in [3.63, 3.8) is 0 Å². The van der Waals surface area contributed by atoms with Crippen LogP contribution in [0.2, 0.25) is 0 Å². The number of fused-ring (bicyclic) bond motifs is 3. The first kappa shape index (κ1) is 26.3. The molecule has 5 heteroatoms. The molecule has 4 nitrogen and oxygen atoms in total. The predicted octanol–water partition coefficient (Wildman–Crippen LogP) is 10.9. The van der Waals surface area contributed by atoms with Crippen LogP contribution in [0.1, 0.15) is 0 Å². The second kappa shape index (κ2) is 11.0. The zero-order chi connectivity index (χ0) is 29.5. The van der Waals surface area contributed by atoms with Gasteiger partial charge in [0.25, 0.3) is 0 Å². The summed E-state index contributed by atoms with van der Waals surface area (Å²) < 4.78 is 7.23. The first-order chi connectivity index (χ1) is 21.7. The summed E-state index contributed by atoms with van der Waals surface area (Å²) in [6.45, 7) is 0. The van der Waals surface area contributed by atoms with Gasteiger partial charge in [0, 0.05) is 31.9 Å². The van der Waals surface area contributed by atoms with E-state index in [0.717, 1.165) is 54.2 Å². The number of hydrogen-bond donors (Lipinski definition) is 0. The smallest absolute Gasteiger partial charge is 0.164 e. The zero-order valence-electron chi connectivity index (χ0n) is 23.5.